The summed E-state index contributed by atoms with van der Waals surface area (Å²) in [5, 5.41) is 9.06. The molecule has 0 aliphatic heterocycles. The Morgan fingerprint density at radius 2 is 1.85 bits per heavy atom. The minimum Gasteiger partial charge on any atom is -0.481 e. The lowest BCUT2D eigenvalue weighted by Gasteiger charge is -2.30. The first kappa shape index (κ1) is 17.0. The molecule has 1 N–H and O–H groups in total. The highest BCUT2D eigenvalue weighted by Gasteiger charge is 2.27. The third-order valence-corrected chi connectivity index (χ3v) is 4.21. The topological polar surface area (TPSA) is 57.6 Å². The van der Waals surface area contributed by atoms with Crippen LogP contribution < -0.4 is 0 Å². The molecule has 1 fully saturated rings. The molecule has 1 amide bonds. The zero-order chi connectivity index (χ0) is 15.0. The summed E-state index contributed by atoms with van der Waals surface area (Å²) in [6.45, 7) is 4.88. The van der Waals surface area contributed by atoms with Crippen LogP contribution in [0.1, 0.15) is 65.2 Å². The molecule has 1 aliphatic rings. The highest BCUT2D eigenvalue weighted by molar-refractivity contribution is 5.79. The van der Waals surface area contributed by atoms with Gasteiger partial charge in [0, 0.05) is 19.0 Å². The molecule has 1 unspecified atom stereocenters. The molecule has 0 saturated heterocycles. The van der Waals surface area contributed by atoms with Crippen LogP contribution in [0, 0.1) is 11.8 Å². The average Bonchev–Trinajstić information content (AvgIpc) is 2.46. The van der Waals surface area contributed by atoms with Crippen molar-refractivity contribution in [3.8, 4) is 0 Å². The van der Waals surface area contributed by atoms with E-state index in [-0.39, 0.29) is 11.8 Å². The lowest BCUT2D eigenvalue weighted by Crippen LogP contribution is -2.41. The molecule has 4 nitrogen and oxygen atoms in total. The van der Waals surface area contributed by atoms with Crippen LogP contribution in [-0.2, 0) is 9.59 Å². The van der Waals surface area contributed by atoms with Gasteiger partial charge < -0.3 is 10.0 Å². The summed E-state index contributed by atoms with van der Waals surface area (Å²) in [7, 11) is 0. The number of rotatable bonds is 8. The van der Waals surface area contributed by atoms with Crippen molar-refractivity contribution in [2.24, 2.45) is 11.8 Å². The van der Waals surface area contributed by atoms with Crippen LogP contribution in [0.3, 0.4) is 0 Å². The normalized spacial score (nSPS) is 17.7. The van der Waals surface area contributed by atoms with Crippen LogP contribution in [0.4, 0.5) is 0 Å². The van der Waals surface area contributed by atoms with Gasteiger partial charge in [0.05, 0.1) is 5.92 Å². The third kappa shape index (κ3) is 5.51. The van der Waals surface area contributed by atoms with Crippen molar-refractivity contribution in [1.82, 2.24) is 4.90 Å². The van der Waals surface area contributed by atoms with Crippen molar-refractivity contribution < 1.29 is 14.7 Å². The van der Waals surface area contributed by atoms with Gasteiger partial charge in [-0.05, 0) is 19.3 Å². The molecule has 116 valence electrons. The minimum atomic E-state index is -0.818. The van der Waals surface area contributed by atoms with Gasteiger partial charge in [0.1, 0.15) is 0 Å². The van der Waals surface area contributed by atoms with Gasteiger partial charge >= 0.3 is 5.97 Å². The van der Waals surface area contributed by atoms with Gasteiger partial charge in [-0.2, -0.15) is 0 Å². The fourth-order valence-corrected chi connectivity index (χ4v) is 2.86. The van der Waals surface area contributed by atoms with E-state index >= 15 is 0 Å². The molecule has 0 aromatic heterocycles. The number of nitrogens with zero attached hydrogens (tertiary/aromatic N) is 1. The summed E-state index contributed by atoms with van der Waals surface area (Å²) in [5.74, 6) is -0.980. The standard InChI is InChI=1S/C16H29NO3/c1-3-4-8-11-17(12-13(2)16(19)20)15(18)14-9-6-5-7-10-14/h13-14H,3-12H2,1-2H3,(H,19,20). The summed E-state index contributed by atoms with van der Waals surface area (Å²) in [5.41, 5.74) is 0. The first-order valence-corrected chi connectivity index (χ1v) is 8.07. The second-order valence-corrected chi connectivity index (χ2v) is 6.07. The minimum absolute atomic E-state index is 0.131. The zero-order valence-electron chi connectivity index (χ0n) is 12.9. The molecule has 1 atom stereocenters. The molecule has 4 heteroatoms. The summed E-state index contributed by atoms with van der Waals surface area (Å²) < 4.78 is 0. The quantitative estimate of drug-likeness (QED) is 0.695. The molecule has 20 heavy (non-hydrogen) atoms. The summed E-state index contributed by atoms with van der Waals surface area (Å²) in [4.78, 5) is 25.4. The van der Waals surface area contributed by atoms with Crippen LogP contribution in [0.15, 0.2) is 0 Å². The maximum absolute atomic E-state index is 12.6. The van der Waals surface area contributed by atoms with Crippen molar-refractivity contribution in [3.05, 3.63) is 0 Å². The molecular formula is C16H29NO3. The van der Waals surface area contributed by atoms with E-state index < -0.39 is 11.9 Å². The summed E-state index contributed by atoms with van der Waals surface area (Å²) in [6, 6.07) is 0. The Hall–Kier alpha value is -1.06. The number of amides is 1. The lowest BCUT2D eigenvalue weighted by atomic mass is 9.88. The number of aliphatic carboxylic acids is 1. The highest BCUT2D eigenvalue weighted by Crippen LogP contribution is 2.26. The third-order valence-electron chi connectivity index (χ3n) is 4.21. The van der Waals surface area contributed by atoms with E-state index in [0.717, 1.165) is 44.9 Å². The smallest absolute Gasteiger partial charge is 0.308 e. The van der Waals surface area contributed by atoms with Crippen molar-refractivity contribution in [1.29, 1.82) is 0 Å². The van der Waals surface area contributed by atoms with Gasteiger partial charge in [0.15, 0.2) is 0 Å². The monoisotopic (exact) mass is 283 g/mol. The van der Waals surface area contributed by atoms with Crippen LogP contribution in [0.2, 0.25) is 0 Å². The van der Waals surface area contributed by atoms with Gasteiger partial charge in [0.2, 0.25) is 5.91 Å². The lowest BCUT2D eigenvalue weighted by molar-refractivity contribution is -0.144. The maximum Gasteiger partial charge on any atom is 0.308 e. The molecule has 0 bridgehead atoms. The van der Waals surface area contributed by atoms with E-state index in [1.54, 1.807) is 6.92 Å². The number of carboxylic acids is 1. The molecule has 0 radical (unpaired) electrons. The maximum atomic E-state index is 12.6. The van der Waals surface area contributed by atoms with E-state index in [1.165, 1.54) is 6.42 Å². The Bertz CT molecular complexity index is 311. The molecule has 0 aromatic carbocycles. The van der Waals surface area contributed by atoms with E-state index in [9.17, 15) is 9.59 Å². The van der Waals surface area contributed by atoms with Gasteiger partial charge in [-0.1, -0.05) is 46.0 Å². The first-order chi connectivity index (χ1) is 9.56. The second-order valence-electron chi connectivity index (χ2n) is 6.07. The highest BCUT2D eigenvalue weighted by atomic mass is 16.4. The molecule has 0 aromatic rings. The van der Waals surface area contributed by atoms with Crippen molar-refractivity contribution in [2.45, 2.75) is 65.2 Å². The molecule has 1 saturated carbocycles. The van der Waals surface area contributed by atoms with E-state index in [1.807, 2.05) is 4.90 Å². The van der Waals surface area contributed by atoms with Gasteiger partial charge in [-0.25, -0.2) is 0 Å². The Kier molecular flexibility index (Phi) is 7.63. The number of unbranched alkanes of at least 4 members (excludes halogenated alkanes) is 2. The Morgan fingerprint density at radius 1 is 1.20 bits per heavy atom. The van der Waals surface area contributed by atoms with Gasteiger partial charge in [-0.15, -0.1) is 0 Å². The fourth-order valence-electron chi connectivity index (χ4n) is 2.86. The molecule has 0 heterocycles. The number of carbonyl (C=O) groups excluding carboxylic acids is 1. The van der Waals surface area contributed by atoms with Gasteiger partial charge in [0.25, 0.3) is 0 Å². The average molecular weight is 283 g/mol. The van der Waals surface area contributed by atoms with Crippen LogP contribution in [0.25, 0.3) is 0 Å². The van der Waals surface area contributed by atoms with Crippen molar-refractivity contribution >= 4 is 11.9 Å². The predicted octanol–water partition coefficient (Wildman–Crippen LogP) is 3.31. The summed E-state index contributed by atoms with van der Waals surface area (Å²) >= 11 is 0. The van der Waals surface area contributed by atoms with Crippen LogP contribution in [0.5, 0.6) is 0 Å². The van der Waals surface area contributed by atoms with E-state index in [4.69, 9.17) is 5.11 Å². The van der Waals surface area contributed by atoms with E-state index in [2.05, 4.69) is 6.92 Å². The number of carbonyl (C=O) groups is 2. The van der Waals surface area contributed by atoms with E-state index in [0.29, 0.717) is 13.1 Å². The number of carboxylic acid groups (broad SMARTS) is 1. The van der Waals surface area contributed by atoms with Crippen LogP contribution >= 0.6 is 0 Å². The van der Waals surface area contributed by atoms with Crippen LogP contribution in [-0.4, -0.2) is 35.0 Å². The fraction of sp³-hybridized carbons (Fsp3) is 0.875. The van der Waals surface area contributed by atoms with Gasteiger partial charge in [-0.3, -0.25) is 9.59 Å². The molecule has 1 rings (SSSR count). The zero-order valence-corrected chi connectivity index (χ0v) is 12.9. The molecular weight excluding hydrogens is 254 g/mol. The van der Waals surface area contributed by atoms with Crippen molar-refractivity contribution in [3.63, 3.8) is 0 Å². The van der Waals surface area contributed by atoms with Crippen molar-refractivity contribution in [2.75, 3.05) is 13.1 Å². The Morgan fingerprint density at radius 3 is 2.40 bits per heavy atom. The molecule has 1 aliphatic carbocycles. The SMILES string of the molecule is CCCCCN(CC(C)C(=O)O)C(=O)C1CCCCC1. The second kappa shape index (κ2) is 8.98. The predicted molar refractivity (Wildman–Crippen MR) is 79.5 cm³/mol. The first-order valence-electron chi connectivity index (χ1n) is 8.07. The Balaban J connectivity index is 2.58. The largest absolute Gasteiger partial charge is 0.481 e. The number of hydrogen-bond acceptors (Lipinski definition) is 2. The Labute approximate surface area is 122 Å². The number of hydrogen-bond donors (Lipinski definition) is 1. The molecule has 0 spiro atoms. The summed E-state index contributed by atoms with van der Waals surface area (Å²) in [6.07, 6.45) is 8.62.